The van der Waals surface area contributed by atoms with Crippen LogP contribution < -0.4 is 10.6 Å². The van der Waals surface area contributed by atoms with Crippen molar-refractivity contribution in [2.75, 3.05) is 18.0 Å². The fourth-order valence-corrected chi connectivity index (χ4v) is 1.56. The quantitative estimate of drug-likeness (QED) is 0.805. The number of rotatable bonds is 5. The number of anilines is 1. The lowest BCUT2D eigenvalue weighted by Gasteiger charge is -2.21. The average molecular weight is 207 g/mol. The smallest absolute Gasteiger partial charge is 0.128 e. The highest BCUT2D eigenvalue weighted by molar-refractivity contribution is 5.39. The van der Waals surface area contributed by atoms with Gasteiger partial charge in [0.2, 0.25) is 0 Å². The largest absolute Gasteiger partial charge is 0.357 e. The highest BCUT2D eigenvalue weighted by Gasteiger charge is 2.05. The van der Waals surface area contributed by atoms with E-state index in [-0.39, 0.29) is 6.04 Å². The molecule has 1 rings (SSSR count). The van der Waals surface area contributed by atoms with Crippen molar-refractivity contribution in [3.63, 3.8) is 0 Å². The van der Waals surface area contributed by atoms with Crippen molar-refractivity contribution < 1.29 is 0 Å². The van der Waals surface area contributed by atoms with Crippen LogP contribution in [0.15, 0.2) is 18.3 Å². The molecule has 84 valence electrons. The number of aromatic nitrogens is 1. The van der Waals surface area contributed by atoms with Gasteiger partial charge in [0.15, 0.2) is 0 Å². The molecule has 0 amide bonds. The highest BCUT2D eigenvalue weighted by Crippen LogP contribution is 2.14. The second kappa shape index (κ2) is 5.71. The van der Waals surface area contributed by atoms with E-state index in [2.05, 4.69) is 35.9 Å². The summed E-state index contributed by atoms with van der Waals surface area (Å²) in [6.07, 6.45) is 3.02. The van der Waals surface area contributed by atoms with E-state index < -0.39 is 0 Å². The van der Waals surface area contributed by atoms with Crippen LogP contribution in [0.5, 0.6) is 0 Å². The number of nitrogens with zero attached hydrogens (tertiary/aromatic N) is 2. The molecule has 0 saturated carbocycles. The van der Waals surface area contributed by atoms with Gasteiger partial charge in [-0.2, -0.15) is 0 Å². The summed E-state index contributed by atoms with van der Waals surface area (Å²) in [5.41, 5.74) is 6.87. The maximum absolute atomic E-state index is 5.78. The number of hydrogen-bond acceptors (Lipinski definition) is 3. The molecule has 0 fully saturated rings. The highest BCUT2D eigenvalue weighted by atomic mass is 15.2. The van der Waals surface area contributed by atoms with E-state index in [0.717, 1.165) is 30.9 Å². The van der Waals surface area contributed by atoms with Crippen molar-refractivity contribution in [3.05, 3.63) is 23.9 Å². The molecular formula is C12H21N3. The van der Waals surface area contributed by atoms with Crippen LogP contribution in [0.25, 0.3) is 0 Å². The van der Waals surface area contributed by atoms with Gasteiger partial charge >= 0.3 is 0 Å². The minimum Gasteiger partial charge on any atom is -0.357 e. The Kier molecular flexibility index (Phi) is 4.56. The second-order valence-electron chi connectivity index (χ2n) is 3.82. The van der Waals surface area contributed by atoms with Crippen molar-refractivity contribution in [3.8, 4) is 0 Å². The summed E-state index contributed by atoms with van der Waals surface area (Å²) in [5, 5.41) is 0. The summed E-state index contributed by atoms with van der Waals surface area (Å²) < 4.78 is 0. The maximum atomic E-state index is 5.78. The first kappa shape index (κ1) is 12.0. The first-order valence-electron chi connectivity index (χ1n) is 5.65. The third kappa shape index (κ3) is 3.20. The Balaban J connectivity index is 2.77. The molecule has 0 unspecified atom stereocenters. The summed E-state index contributed by atoms with van der Waals surface area (Å²) in [7, 11) is 0. The number of pyridine rings is 1. The van der Waals surface area contributed by atoms with Gasteiger partial charge in [-0.15, -0.1) is 0 Å². The molecule has 0 bridgehead atoms. The Bertz CT molecular complexity index is 279. The van der Waals surface area contributed by atoms with Gasteiger partial charge in [-0.3, -0.25) is 0 Å². The SMILES string of the molecule is CCCN(CC)c1ccc([C@H](C)N)cn1. The maximum Gasteiger partial charge on any atom is 0.128 e. The summed E-state index contributed by atoms with van der Waals surface area (Å²) in [6.45, 7) is 8.36. The summed E-state index contributed by atoms with van der Waals surface area (Å²) >= 11 is 0. The lowest BCUT2D eigenvalue weighted by atomic mass is 10.1. The summed E-state index contributed by atoms with van der Waals surface area (Å²) in [4.78, 5) is 6.70. The molecule has 0 radical (unpaired) electrons. The molecule has 3 nitrogen and oxygen atoms in total. The molecule has 1 heterocycles. The number of nitrogens with two attached hydrogens (primary N) is 1. The van der Waals surface area contributed by atoms with Crippen LogP contribution >= 0.6 is 0 Å². The van der Waals surface area contributed by atoms with Crippen LogP contribution in [0.1, 0.15) is 38.8 Å². The van der Waals surface area contributed by atoms with E-state index >= 15 is 0 Å². The summed E-state index contributed by atoms with van der Waals surface area (Å²) in [5.74, 6) is 1.05. The van der Waals surface area contributed by atoms with Gasteiger partial charge < -0.3 is 10.6 Å². The van der Waals surface area contributed by atoms with Crippen molar-refractivity contribution in [1.82, 2.24) is 4.98 Å². The van der Waals surface area contributed by atoms with Gasteiger partial charge in [-0.25, -0.2) is 4.98 Å². The first-order valence-corrected chi connectivity index (χ1v) is 5.65. The first-order chi connectivity index (χ1) is 7.19. The fourth-order valence-electron chi connectivity index (χ4n) is 1.56. The molecule has 3 heteroatoms. The number of hydrogen-bond donors (Lipinski definition) is 1. The fraction of sp³-hybridized carbons (Fsp3) is 0.583. The van der Waals surface area contributed by atoms with Crippen LogP contribution in [-0.4, -0.2) is 18.1 Å². The lowest BCUT2D eigenvalue weighted by Crippen LogP contribution is -2.24. The molecule has 15 heavy (non-hydrogen) atoms. The van der Waals surface area contributed by atoms with Crippen LogP contribution in [0, 0.1) is 0 Å². The monoisotopic (exact) mass is 207 g/mol. The summed E-state index contributed by atoms with van der Waals surface area (Å²) in [6, 6.07) is 4.18. The molecule has 0 aliphatic rings. The van der Waals surface area contributed by atoms with Crippen molar-refractivity contribution in [2.45, 2.75) is 33.2 Å². The zero-order chi connectivity index (χ0) is 11.3. The van der Waals surface area contributed by atoms with E-state index in [9.17, 15) is 0 Å². The second-order valence-corrected chi connectivity index (χ2v) is 3.82. The third-order valence-corrected chi connectivity index (χ3v) is 2.50. The lowest BCUT2D eigenvalue weighted by molar-refractivity contribution is 0.770. The van der Waals surface area contributed by atoms with Crippen LogP contribution in [0.3, 0.4) is 0 Å². The topological polar surface area (TPSA) is 42.1 Å². The third-order valence-electron chi connectivity index (χ3n) is 2.50. The predicted molar refractivity (Wildman–Crippen MR) is 65.0 cm³/mol. The zero-order valence-electron chi connectivity index (χ0n) is 9.90. The average Bonchev–Trinajstić information content (AvgIpc) is 2.26. The Hall–Kier alpha value is -1.09. The minimum atomic E-state index is 0.0628. The molecule has 0 aromatic carbocycles. The Morgan fingerprint density at radius 2 is 2.13 bits per heavy atom. The van der Waals surface area contributed by atoms with Gasteiger partial charge in [-0.1, -0.05) is 13.0 Å². The molecular weight excluding hydrogens is 186 g/mol. The molecule has 0 aliphatic heterocycles. The van der Waals surface area contributed by atoms with Crippen LogP contribution in [0.4, 0.5) is 5.82 Å². The van der Waals surface area contributed by atoms with Crippen molar-refractivity contribution >= 4 is 5.82 Å². The van der Waals surface area contributed by atoms with Crippen LogP contribution in [-0.2, 0) is 0 Å². The van der Waals surface area contributed by atoms with Gasteiger partial charge in [0.1, 0.15) is 5.82 Å². The van der Waals surface area contributed by atoms with Gasteiger partial charge in [0.25, 0.3) is 0 Å². The van der Waals surface area contributed by atoms with Gasteiger partial charge in [-0.05, 0) is 31.9 Å². The Morgan fingerprint density at radius 1 is 1.40 bits per heavy atom. The minimum absolute atomic E-state index is 0.0628. The molecule has 0 aliphatic carbocycles. The van der Waals surface area contributed by atoms with E-state index in [0.29, 0.717) is 0 Å². The normalized spacial score (nSPS) is 12.5. The van der Waals surface area contributed by atoms with E-state index in [1.165, 1.54) is 0 Å². The molecule has 0 spiro atoms. The Morgan fingerprint density at radius 3 is 2.53 bits per heavy atom. The Labute approximate surface area is 92.3 Å². The van der Waals surface area contributed by atoms with E-state index in [4.69, 9.17) is 5.73 Å². The van der Waals surface area contributed by atoms with Crippen LogP contribution in [0.2, 0.25) is 0 Å². The standard InChI is InChI=1S/C12H21N3/c1-4-8-15(5-2)12-7-6-11(9-14-12)10(3)13/h6-7,9-10H,4-5,8,13H2,1-3H3/t10-/m0/s1. The molecule has 2 N–H and O–H groups in total. The van der Waals surface area contributed by atoms with Crippen molar-refractivity contribution in [1.29, 1.82) is 0 Å². The molecule has 1 aromatic heterocycles. The molecule has 1 atom stereocenters. The molecule has 1 aromatic rings. The van der Waals surface area contributed by atoms with E-state index in [1.54, 1.807) is 0 Å². The van der Waals surface area contributed by atoms with Gasteiger partial charge in [0, 0.05) is 25.3 Å². The van der Waals surface area contributed by atoms with Crippen molar-refractivity contribution in [2.24, 2.45) is 5.73 Å². The van der Waals surface area contributed by atoms with Gasteiger partial charge in [0.05, 0.1) is 0 Å². The van der Waals surface area contributed by atoms with E-state index in [1.807, 2.05) is 13.1 Å². The predicted octanol–water partition coefficient (Wildman–Crippen LogP) is 2.34. The molecule has 0 saturated heterocycles. The zero-order valence-corrected chi connectivity index (χ0v) is 9.90.